The molecule has 16 heavy (non-hydrogen) atoms. The van der Waals surface area contributed by atoms with Gasteiger partial charge in [0.25, 0.3) is 0 Å². The third kappa shape index (κ3) is 6.38. The van der Waals surface area contributed by atoms with Gasteiger partial charge in [-0.25, -0.2) is 0 Å². The van der Waals surface area contributed by atoms with Crippen LogP contribution in [0.25, 0.3) is 0 Å². The van der Waals surface area contributed by atoms with E-state index in [4.69, 9.17) is 10.4 Å². The Morgan fingerprint density at radius 2 is 2.25 bits per heavy atom. The van der Waals surface area contributed by atoms with Gasteiger partial charge in [0.05, 0.1) is 19.0 Å². The molecule has 1 amide bonds. The van der Waals surface area contributed by atoms with Crippen molar-refractivity contribution < 1.29 is 9.90 Å². The first-order valence-electron chi connectivity index (χ1n) is 5.57. The van der Waals surface area contributed by atoms with E-state index < -0.39 is 0 Å². The van der Waals surface area contributed by atoms with Crippen molar-refractivity contribution in [3.63, 3.8) is 0 Å². The summed E-state index contributed by atoms with van der Waals surface area (Å²) in [5.41, 5.74) is -0.207. The molecule has 0 aromatic carbocycles. The van der Waals surface area contributed by atoms with E-state index in [1.165, 1.54) is 0 Å². The van der Waals surface area contributed by atoms with Gasteiger partial charge in [0, 0.05) is 18.7 Å². The van der Waals surface area contributed by atoms with E-state index in [0.717, 1.165) is 6.42 Å². The smallest absolute Gasteiger partial charge is 0.234 e. The zero-order valence-corrected chi connectivity index (χ0v) is 10.0. The van der Waals surface area contributed by atoms with E-state index in [1.807, 2.05) is 19.9 Å². The number of carbonyl (C=O) groups is 1. The molecule has 0 rings (SSSR count). The van der Waals surface area contributed by atoms with Crippen LogP contribution in [0.15, 0.2) is 0 Å². The highest BCUT2D eigenvalue weighted by atomic mass is 16.3. The molecular weight excluding hydrogens is 206 g/mol. The fourth-order valence-electron chi connectivity index (χ4n) is 1.25. The van der Waals surface area contributed by atoms with Crippen LogP contribution >= 0.6 is 0 Å². The van der Waals surface area contributed by atoms with Crippen LogP contribution < -0.4 is 10.6 Å². The normalized spacial score (nSPS) is 13.9. The molecule has 0 aromatic heterocycles. The number of aliphatic hydroxyl groups excluding tert-OH is 1. The van der Waals surface area contributed by atoms with Gasteiger partial charge >= 0.3 is 0 Å². The van der Waals surface area contributed by atoms with Crippen LogP contribution in [-0.2, 0) is 4.79 Å². The fraction of sp³-hybridized carbons (Fsp3) is 0.818. The predicted molar refractivity (Wildman–Crippen MR) is 61.6 cm³/mol. The monoisotopic (exact) mass is 227 g/mol. The Labute approximate surface area is 96.8 Å². The zero-order valence-electron chi connectivity index (χ0n) is 10.0. The Hall–Kier alpha value is -1.12. The molecule has 0 saturated carbocycles. The average Bonchev–Trinajstić information content (AvgIpc) is 2.27. The van der Waals surface area contributed by atoms with E-state index in [2.05, 4.69) is 10.6 Å². The summed E-state index contributed by atoms with van der Waals surface area (Å²) in [6, 6.07) is 1.96. The standard InChI is InChI=1S/C11H21N3O2/c1-3-11(2,5-8-15)14-9-10(16)13-7-4-6-12/h14-15H,3-5,7-9H2,1-2H3,(H,13,16). The molecule has 0 fully saturated rings. The lowest BCUT2D eigenvalue weighted by atomic mass is 9.95. The first kappa shape index (κ1) is 14.9. The molecule has 5 nitrogen and oxygen atoms in total. The summed E-state index contributed by atoms with van der Waals surface area (Å²) in [4.78, 5) is 11.3. The summed E-state index contributed by atoms with van der Waals surface area (Å²) in [6.45, 7) is 4.70. The topological polar surface area (TPSA) is 85.2 Å². The second kappa shape index (κ2) is 8.08. The molecule has 3 N–H and O–H groups in total. The Morgan fingerprint density at radius 1 is 1.56 bits per heavy atom. The lowest BCUT2D eigenvalue weighted by molar-refractivity contribution is -0.120. The molecule has 0 aromatic rings. The zero-order chi connectivity index (χ0) is 12.4. The third-order valence-electron chi connectivity index (χ3n) is 2.68. The molecule has 92 valence electrons. The number of aliphatic hydroxyl groups is 1. The van der Waals surface area contributed by atoms with Crippen molar-refractivity contribution in [2.45, 2.75) is 38.6 Å². The maximum absolute atomic E-state index is 11.3. The minimum absolute atomic E-state index is 0.105. The van der Waals surface area contributed by atoms with E-state index in [0.29, 0.717) is 19.4 Å². The lowest BCUT2D eigenvalue weighted by Gasteiger charge is -2.28. The van der Waals surface area contributed by atoms with Crippen molar-refractivity contribution in [3.05, 3.63) is 0 Å². The van der Waals surface area contributed by atoms with Gasteiger partial charge in [-0.3, -0.25) is 4.79 Å². The first-order chi connectivity index (χ1) is 7.58. The van der Waals surface area contributed by atoms with Crippen molar-refractivity contribution in [2.75, 3.05) is 19.7 Å². The van der Waals surface area contributed by atoms with Crippen LogP contribution in [0.3, 0.4) is 0 Å². The van der Waals surface area contributed by atoms with Gasteiger partial charge in [-0.15, -0.1) is 0 Å². The number of amides is 1. The molecular formula is C11H21N3O2. The molecule has 1 atom stereocenters. The minimum atomic E-state index is -0.207. The van der Waals surface area contributed by atoms with Crippen LogP contribution in [0, 0.1) is 11.3 Å². The molecule has 0 radical (unpaired) electrons. The number of hydrogen-bond acceptors (Lipinski definition) is 4. The van der Waals surface area contributed by atoms with Crippen LogP contribution in [0.4, 0.5) is 0 Å². The van der Waals surface area contributed by atoms with Gasteiger partial charge in [0.2, 0.25) is 5.91 Å². The maximum Gasteiger partial charge on any atom is 0.234 e. The number of hydrogen-bond donors (Lipinski definition) is 3. The van der Waals surface area contributed by atoms with Crippen LogP contribution in [-0.4, -0.2) is 36.2 Å². The number of rotatable bonds is 8. The summed E-state index contributed by atoms with van der Waals surface area (Å²) < 4.78 is 0. The summed E-state index contributed by atoms with van der Waals surface area (Å²) >= 11 is 0. The summed E-state index contributed by atoms with van der Waals surface area (Å²) in [5, 5.41) is 23.0. The van der Waals surface area contributed by atoms with Crippen LogP contribution in [0.2, 0.25) is 0 Å². The molecule has 0 aliphatic rings. The number of nitriles is 1. The summed E-state index contributed by atoms with van der Waals surface area (Å²) in [6.07, 6.45) is 1.79. The Kier molecular flexibility index (Phi) is 7.52. The Morgan fingerprint density at radius 3 is 2.75 bits per heavy atom. The van der Waals surface area contributed by atoms with E-state index in [1.54, 1.807) is 0 Å². The molecule has 0 aliphatic carbocycles. The van der Waals surface area contributed by atoms with Gasteiger partial charge in [-0.1, -0.05) is 6.92 Å². The molecule has 5 heteroatoms. The predicted octanol–water partition coefficient (Wildman–Crippen LogP) is 0.157. The van der Waals surface area contributed by atoms with E-state index in [-0.39, 0.29) is 24.6 Å². The quantitative estimate of drug-likeness (QED) is 0.516. The molecule has 0 saturated heterocycles. The third-order valence-corrected chi connectivity index (χ3v) is 2.68. The molecule has 0 aliphatic heterocycles. The van der Waals surface area contributed by atoms with Gasteiger partial charge in [0.1, 0.15) is 0 Å². The largest absolute Gasteiger partial charge is 0.396 e. The highest BCUT2D eigenvalue weighted by molar-refractivity contribution is 5.78. The average molecular weight is 227 g/mol. The van der Waals surface area contributed by atoms with Gasteiger partial charge in [-0.05, 0) is 19.8 Å². The minimum Gasteiger partial charge on any atom is -0.396 e. The number of nitrogens with zero attached hydrogens (tertiary/aromatic N) is 1. The second-order valence-corrected chi connectivity index (χ2v) is 4.00. The molecule has 1 unspecified atom stereocenters. The second-order valence-electron chi connectivity index (χ2n) is 4.00. The molecule has 0 bridgehead atoms. The van der Waals surface area contributed by atoms with E-state index >= 15 is 0 Å². The van der Waals surface area contributed by atoms with Gasteiger partial charge in [-0.2, -0.15) is 5.26 Å². The van der Waals surface area contributed by atoms with Crippen molar-refractivity contribution in [1.29, 1.82) is 5.26 Å². The van der Waals surface area contributed by atoms with Crippen LogP contribution in [0.1, 0.15) is 33.1 Å². The van der Waals surface area contributed by atoms with Crippen molar-refractivity contribution in [1.82, 2.24) is 10.6 Å². The first-order valence-corrected chi connectivity index (χ1v) is 5.57. The molecule has 0 heterocycles. The lowest BCUT2D eigenvalue weighted by Crippen LogP contribution is -2.47. The molecule has 0 spiro atoms. The van der Waals surface area contributed by atoms with Crippen molar-refractivity contribution in [3.8, 4) is 6.07 Å². The Bertz CT molecular complexity index is 250. The maximum atomic E-state index is 11.3. The van der Waals surface area contributed by atoms with Crippen LogP contribution in [0.5, 0.6) is 0 Å². The van der Waals surface area contributed by atoms with Gasteiger partial charge in [0.15, 0.2) is 0 Å². The number of nitrogens with one attached hydrogen (secondary N) is 2. The van der Waals surface area contributed by atoms with Crippen molar-refractivity contribution >= 4 is 5.91 Å². The number of carbonyl (C=O) groups excluding carboxylic acids is 1. The van der Waals surface area contributed by atoms with E-state index in [9.17, 15) is 4.79 Å². The summed E-state index contributed by atoms with van der Waals surface area (Å²) in [7, 11) is 0. The summed E-state index contributed by atoms with van der Waals surface area (Å²) in [5.74, 6) is -0.118. The Balaban J connectivity index is 3.84. The van der Waals surface area contributed by atoms with Gasteiger partial charge < -0.3 is 15.7 Å². The van der Waals surface area contributed by atoms with Crippen molar-refractivity contribution in [2.24, 2.45) is 0 Å². The highest BCUT2D eigenvalue weighted by Crippen LogP contribution is 2.12. The SMILES string of the molecule is CCC(C)(CCO)NCC(=O)NCCC#N. The highest BCUT2D eigenvalue weighted by Gasteiger charge is 2.21. The fourth-order valence-corrected chi connectivity index (χ4v) is 1.25.